The Bertz CT molecular complexity index is 807. The number of alkyl halides is 1. The summed E-state index contributed by atoms with van der Waals surface area (Å²) in [6.07, 6.45) is 2.00. The lowest BCUT2D eigenvalue weighted by Gasteiger charge is -2.30. The minimum atomic E-state index is -1.21. The van der Waals surface area contributed by atoms with Gasteiger partial charge in [-0.3, -0.25) is 19.7 Å². The molecular weight excluding hydrogens is 363 g/mol. The highest BCUT2D eigenvalue weighted by molar-refractivity contribution is 6.05. The molecular formula is C20H25FN4O3. The van der Waals surface area contributed by atoms with Crippen molar-refractivity contribution in [2.75, 3.05) is 19.6 Å². The number of rotatable bonds is 5. The van der Waals surface area contributed by atoms with Crippen molar-refractivity contribution >= 4 is 17.7 Å². The highest BCUT2D eigenvalue weighted by Gasteiger charge is 2.39. The average Bonchev–Trinajstić information content (AvgIpc) is 2.98. The molecule has 2 fully saturated rings. The van der Waals surface area contributed by atoms with Crippen LogP contribution in [-0.4, -0.2) is 54.0 Å². The molecule has 28 heavy (non-hydrogen) atoms. The van der Waals surface area contributed by atoms with Crippen molar-refractivity contribution in [1.82, 2.24) is 20.9 Å². The smallest absolute Gasteiger partial charge is 0.255 e. The Morgan fingerprint density at radius 2 is 2.14 bits per heavy atom. The van der Waals surface area contributed by atoms with Crippen molar-refractivity contribution < 1.29 is 18.8 Å². The van der Waals surface area contributed by atoms with E-state index >= 15 is 0 Å². The van der Waals surface area contributed by atoms with E-state index in [1.807, 2.05) is 12.1 Å². The molecule has 3 N–H and O–H groups in total. The van der Waals surface area contributed by atoms with Crippen LogP contribution in [0.3, 0.4) is 0 Å². The molecule has 3 aliphatic heterocycles. The van der Waals surface area contributed by atoms with Crippen LogP contribution in [0.1, 0.15) is 47.2 Å². The molecule has 0 bridgehead atoms. The van der Waals surface area contributed by atoms with Crippen LogP contribution in [0, 0.1) is 0 Å². The lowest BCUT2D eigenvalue weighted by molar-refractivity contribution is -0.136. The number of imide groups is 1. The molecule has 0 saturated carbocycles. The Hall–Kier alpha value is -2.32. The Morgan fingerprint density at radius 1 is 1.29 bits per heavy atom. The van der Waals surface area contributed by atoms with Gasteiger partial charge in [-0.1, -0.05) is 12.1 Å². The topological polar surface area (TPSA) is 90.5 Å². The molecule has 0 spiro atoms. The molecule has 0 aromatic heterocycles. The van der Waals surface area contributed by atoms with E-state index in [0.29, 0.717) is 44.6 Å². The summed E-state index contributed by atoms with van der Waals surface area (Å²) in [7, 11) is 0. The molecule has 2 unspecified atom stereocenters. The molecule has 7 nitrogen and oxygen atoms in total. The number of fused-ring (bicyclic) bond motifs is 1. The van der Waals surface area contributed by atoms with Gasteiger partial charge >= 0.3 is 0 Å². The first kappa shape index (κ1) is 19.0. The second-order valence-corrected chi connectivity index (χ2v) is 7.93. The van der Waals surface area contributed by atoms with E-state index in [0.717, 1.165) is 24.1 Å². The van der Waals surface area contributed by atoms with Gasteiger partial charge < -0.3 is 15.5 Å². The number of carbonyl (C=O) groups is 3. The molecule has 1 aromatic rings. The third-order valence-corrected chi connectivity index (χ3v) is 5.78. The normalized spacial score (nSPS) is 27.7. The van der Waals surface area contributed by atoms with E-state index < -0.39 is 17.6 Å². The summed E-state index contributed by atoms with van der Waals surface area (Å²) in [6, 6.07) is 4.97. The van der Waals surface area contributed by atoms with Crippen LogP contribution >= 0.6 is 0 Å². The van der Waals surface area contributed by atoms with Gasteiger partial charge in [-0.05, 0) is 43.0 Å². The molecule has 0 aliphatic carbocycles. The fraction of sp³-hybridized carbons (Fsp3) is 0.550. The maximum absolute atomic E-state index is 14.6. The average molecular weight is 388 g/mol. The highest BCUT2D eigenvalue weighted by atomic mass is 19.1. The van der Waals surface area contributed by atoms with Crippen LogP contribution in [0.25, 0.3) is 0 Å². The molecule has 3 aliphatic rings. The van der Waals surface area contributed by atoms with Gasteiger partial charge in [0.1, 0.15) is 11.7 Å². The van der Waals surface area contributed by atoms with E-state index in [2.05, 4.69) is 16.0 Å². The molecule has 3 amide bonds. The van der Waals surface area contributed by atoms with Gasteiger partial charge in [-0.2, -0.15) is 0 Å². The number of hydrogen-bond donors (Lipinski definition) is 3. The summed E-state index contributed by atoms with van der Waals surface area (Å²) in [5.41, 5.74) is 1.22. The summed E-state index contributed by atoms with van der Waals surface area (Å²) in [5, 5.41) is 8.58. The predicted molar refractivity (Wildman–Crippen MR) is 100 cm³/mol. The zero-order valence-corrected chi connectivity index (χ0v) is 15.7. The first-order chi connectivity index (χ1) is 13.5. The predicted octanol–water partition coefficient (Wildman–Crippen LogP) is 0.629. The number of nitrogens with zero attached hydrogens (tertiary/aromatic N) is 1. The number of halogens is 1. The van der Waals surface area contributed by atoms with Crippen LogP contribution in [0.15, 0.2) is 18.2 Å². The van der Waals surface area contributed by atoms with Crippen molar-refractivity contribution in [1.29, 1.82) is 0 Å². The molecule has 0 radical (unpaired) electrons. The quantitative estimate of drug-likeness (QED) is 0.644. The highest BCUT2D eigenvalue weighted by Crippen LogP contribution is 2.28. The second kappa shape index (κ2) is 7.60. The third kappa shape index (κ3) is 3.79. The summed E-state index contributed by atoms with van der Waals surface area (Å²) in [6.45, 7) is 2.41. The molecule has 4 rings (SSSR count). The van der Waals surface area contributed by atoms with E-state index in [4.69, 9.17) is 0 Å². The number of piperidine rings is 2. The largest absolute Gasteiger partial charge is 0.322 e. The molecule has 3 heterocycles. The SMILES string of the molecule is O=C1CCC(N2Cc3cc(CNCC4(F)CCCNC4)ccc3C2=O)C(=O)N1. The fourth-order valence-electron chi connectivity index (χ4n) is 4.25. The van der Waals surface area contributed by atoms with Crippen LogP contribution in [0.2, 0.25) is 0 Å². The number of benzene rings is 1. The van der Waals surface area contributed by atoms with Crippen LogP contribution in [-0.2, 0) is 22.7 Å². The fourth-order valence-corrected chi connectivity index (χ4v) is 4.25. The molecule has 1 aromatic carbocycles. The summed E-state index contributed by atoms with van der Waals surface area (Å²) in [4.78, 5) is 37.7. The van der Waals surface area contributed by atoms with E-state index in [9.17, 15) is 18.8 Å². The lowest BCUT2D eigenvalue weighted by Crippen LogP contribution is -2.52. The zero-order chi connectivity index (χ0) is 19.7. The molecule has 2 atom stereocenters. The Balaban J connectivity index is 1.38. The maximum atomic E-state index is 14.6. The summed E-state index contributed by atoms with van der Waals surface area (Å²) < 4.78 is 14.6. The van der Waals surface area contributed by atoms with Crippen molar-refractivity contribution in [3.05, 3.63) is 34.9 Å². The van der Waals surface area contributed by atoms with Crippen LogP contribution in [0.4, 0.5) is 4.39 Å². The van der Waals surface area contributed by atoms with Crippen molar-refractivity contribution in [3.63, 3.8) is 0 Å². The molecule has 150 valence electrons. The number of nitrogens with one attached hydrogen (secondary N) is 3. The first-order valence-electron chi connectivity index (χ1n) is 9.82. The lowest BCUT2D eigenvalue weighted by atomic mass is 9.96. The van der Waals surface area contributed by atoms with E-state index in [-0.39, 0.29) is 18.2 Å². The second-order valence-electron chi connectivity index (χ2n) is 7.93. The summed E-state index contributed by atoms with van der Waals surface area (Å²) >= 11 is 0. The van der Waals surface area contributed by atoms with Gasteiger partial charge in [0.2, 0.25) is 11.8 Å². The third-order valence-electron chi connectivity index (χ3n) is 5.78. The van der Waals surface area contributed by atoms with Gasteiger partial charge in [0.15, 0.2) is 0 Å². The van der Waals surface area contributed by atoms with E-state index in [1.54, 1.807) is 6.07 Å². The Labute approximate surface area is 163 Å². The minimum Gasteiger partial charge on any atom is -0.322 e. The van der Waals surface area contributed by atoms with Gasteiger partial charge in [0.05, 0.1) is 0 Å². The van der Waals surface area contributed by atoms with Gasteiger partial charge in [0.25, 0.3) is 5.91 Å². The van der Waals surface area contributed by atoms with Gasteiger partial charge in [-0.25, -0.2) is 4.39 Å². The minimum absolute atomic E-state index is 0.181. The standard InChI is InChI=1S/C20H25FN4O3/c21-20(6-1-7-22-11-20)12-23-9-13-2-3-15-14(8-13)10-25(19(15)28)16-4-5-17(26)24-18(16)27/h2-3,8,16,22-23H,1,4-7,9-12H2,(H,24,26,27). The molecule has 2 saturated heterocycles. The van der Waals surface area contributed by atoms with Gasteiger partial charge in [0, 0.05) is 38.2 Å². The van der Waals surface area contributed by atoms with Crippen molar-refractivity contribution in [2.45, 2.75) is 50.5 Å². The monoisotopic (exact) mass is 388 g/mol. The first-order valence-corrected chi connectivity index (χ1v) is 9.82. The van der Waals surface area contributed by atoms with Crippen LogP contribution < -0.4 is 16.0 Å². The molecule has 8 heteroatoms. The maximum Gasteiger partial charge on any atom is 0.255 e. The Morgan fingerprint density at radius 3 is 2.89 bits per heavy atom. The Kier molecular flexibility index (Phi) is 5.16. The number of carbonyl (C=O) groups excluding carboxylic acids is 3. The zero-order valence-electron chi connectivity index (χ0n) is 15.7. The van der Waals surface area contributed by atoms with Crippen molar-refractivity contribution in [2.24, 2.45) is 0 Å². The summed E-state index contributed by atoms with van der Waals surface area (Å²) in [5.74, 6) is -0.883. The number of amides is 3. The number of hydrogen-bond acceptors (Lipinski definition) is 5. The van der Waals surface area contributed by atoms with Gasteiger partial charge in [-0.15, -0.1) is 0 Å². The van der Waals surface area contributed by atoms with E-state index in [1.165, 1.54) is 4.90 Å². The van der Waals surface area contributed by atoms with Crippen LogP contribution in [0.5, 0.6) is 0 Å². The van der Waals surface area contributed by atoms with Crippen molar-refractivity contribution in [3.8, 4) is 0 Å².